The molecule has 0 fully saturated rings. The molecule has 4 nitrogen and oxygen atoms in total. The zero-order valence-electron chi connectivity index (χ0n) is 6.86. The maximum absolute atomic E-state index is 10.8. The molecule has 0 aliphatic carbocycles. The predicted molar refractivity (Wildman–Crippen MR) is 49.8 cm³/mol. The number of esters is 1. The Kier molecular flexibility index (Phi) is 3.98. The van der Waals surface area contributed by atoms with Crippen LogP contribution in [0.2, 0.25) is 5.15 Å². The molecule has 0 radical (unpaired) electrons. The first-order valence-electron chi connectivity index (χ1n) is 3.40. The number of ether oxygens (including phenoxy) is 1. The average molecular weight is 219 g/mol. The van der Waals surface area contributed by atoms with Crippen molar-refractivity contribution in [2.75, 3.05) is 12.9 Å². The van der Waals surface area contributed by atoms with Crippen LogP contribution < -0.4 is 0 Å². The fourth-order valence-electron chi connectivity index (χ4n) is 0.591. The molecule has 0 aliphatic heterocycles. The van der Waals surface area contributed by atoms with E-state index in [0.29, 0.717) is 10.2 Å². The second-order valence-electron chi connectivity index (χ2n) is 2.02. The normalized spacial score (nSPS) is 9.69. The van der Waals surface area contributed by atoms with E-state index < -0.39 is 0 Å². The zero-order chi connectivity index (χ0) is 9.68. The predicted octanol–water partition coefficient (Wildman–Crippen LogP) is 1.40. The maximum atomic E-state index is 10.8. The first kappa shape index (κ1) is 10.3. The Morgan fingerprint density at radius 1 is 1.62 bits per heavy atom. The summed E-state index contributed by atoms with van der Waals surface area (Å²) >= 11 is 6.90. The first-order chi connectivity index (χ1) is 6.24. The van der Waals surface area contributed by atoms with Crippen LogP contribution in [0.25, 0.3) is 0 Å². The Labute approximate surface area is 84.7 Å². The van der Waals surface area contributed by atoms with Crippen molar-refractivity contribution in [2.24, 2.45) is 0 Å². The molecule has 1 aromatic heterocycles. The SMILES string of the molecule is COC(=O)CSc1nccnc1Cl. The Balaban J connectivity index is 2.54. The van der Waals surface area contributed by atoms with E-state index >= 15 is 0 Å². The minimum absolute atomic E-state index is 0.189. The standard InChI is InChI=1S/C7H7ClN2O2S/c1-12-5(11)4-13-7-6(8)9-2-3-10-7/h2-3H,4H2,1H3. The zero-order valence-corrected chi connectivity index (χ0v) is 8.43. The van der Waals surface area contributed by atoms with Gasteiger partial charge in [-0.1, -0.05) is 23.4 Å². The van der Waals surface area contributed by atoms with Crippen LogP contribution in [0.3, 0.4) is 0 Å². The molecule has 6 heteroatoms. The number of nitrogens with zero attached hydrogens (tertiary/aromatic N) is 2. The lowest BCUT2D eigenvalue weighted by Gasteiger charge is -1.99. The van der Waals surface area contributed by atoms with Crippen molar-refractivity contribution < 1.29 is 9.53 Å². The van der Waals surface area contributed by atoms with Gasteiger partial charge in [0.2, 0.25) is 0 Å². The van der Waals surface area contributed by atoms with E-state index in [-0.39, 0.29) is 11.7 Å². The number of methoxy groups -OCH3 is 1. The topological polar surface area (TPSA) is 52.1 Å². The highest BCUT2D eigenvalue weighted by molar-refractivity contribution is 8.00. The average Bonchev–Trinajstić information content (AvgIpc) is 2.16. The molecule has 0 saturated carbocycles. The van der Waals surface area contributed by atoms with Gasteiger partial charge in [-0.15, -0.1) is 0 Å². The summed E-state index contributed by atoms with van der Waals surface area (Å²) in [6, 6.07) is 0. The number of hydrogen-bond donors (Lipinski definition) is 0. The molecule has 0 atom stereocenters. The van der Waals surface area contributed by atoms with E-state index in [1.165, 1.54) is 31.3 Å². The molecular formula is C7H7ClN2O2S. The number of halogens is 1. The molecule has 1 rings (SSSR count). The molecule has 0 bridgehead atoms. The van der Waals surface area contributed by atoms with E-state index in [1.807, 2.05) is 0 Å². The van der Waals surface area contributed by atoms with Gasteiger partial charge in [0.15, 0.2) is 5.15 Å². The molecule has 70 valence electrons. The van der Waals surface area contributed by atoms with Gasteiger partial charge in [0.25, 0.3) is 0 Å². The van der Waals surface area contributed by atoms with Gasteiger partial charge in [-0.2, -0.15) is 0 Å². The smallest absolute Gasteiger partial charge is 0.316 e. The van der Waals surface area contributed by atoms with Crippen LogP contribution in [0.15, 0.2) is 17.4 Å². The highest BCUT2D eigenvalue weighted by Crippen LogP contribution is 2.21. The molecule has 0 saturated heterocycles. The van der Waals surface area contributed by atoms with Gasteiger partial charge in [0.1, 0.15) is 5.03 Å². The van der Waals surface area contributed by atoms with Crippen molar-refractivity contribution >= 4 is 29.3 Å². The van der Waals surface area contributed by atoms with Crippen molar-refractivity contribution in [3.8, 4) is 0 Å². The number of aromatic nitrogens is 2. The third-order valence-electron chi connectivity index (χ3n) is 1.18. The third-order valence-corrected chi connectivity index (χ3v) is 2.52. The lowest BCUT2D eigenvalue weighted by atomic mass is 10.8. The van der Waals surface area contributed by atoms with Gasteiger partial charge in [-0.05, 0) is 0 Å². The summed E-state index contributed by atoms with van der Waals surface area (Å²) in [6.45, 7) is 0. The van der Waals surface area contributed by atoms with Crippen molar-refractivity contribution in [3.05, 3.63) is 17.5 Å². The first-order valence-corrected chi connectivity index (χ1v) is 4.76. The fourth-order valence-corrected chi connectivity index (χ4v) is 1.54. The molecule has 1 aromatic rings. The summed E-state index contributed by atoms with van der Waals surface area (Å²) in [5, 5.41) is 0.839. The van der Waals surface area contributed by atoms with E-state index in [9.17, 15) is 4.79 Å². The molecule has 0 N–H and O–H groups in total. The number of carbonyl (C=O) groups is 1. The molecule has 0 aromatic carbocycles. The van der Waals surface area contributed by atoms with Crippen LogP contribution in [0, 0.1) is 0 Å². The highest BCUT2D eigenvalue weighted by Gasteiger charge is 2.06. The molecule has 0 spiro atoms. The van der Waals surface area contributed by atoms with Crippen LogP contribution in [0.1, 0.15) is 0 Å². The van der Waals surface area contributed by atoms with Gasteiger partial charge in [0.05, 0.1) is 12.9 Å². The monoisotopic (exact) mass is 218 g/mol. The lowest BCUT2D eigenvalue weighted by Crippen LogP contribution is -2.03. The fraction of sp³-hybridized carbons (Fsp3) is 0.286. The largest absolute Gasteiger partial charge is 0.468 e. The summed E-state index contributed by atoms with van der Waals surface area (Å²) < 4.78 is 4.46. The second kappa shape index (κ2) is 5.04. The van der Waals surface area contributed by atoms with Gasteiger partial charge in [-0.3, -0.25) is 4.79 Å². The van der Waals surface area contributed by atoms with E-state index in [1.54, 1.807) is 0 Å². The summed E-state index contributed by atoms with van der Waals surface area (Å²) in [5.74, 6) is -0.124. The molecule has 13 heavy (non-hydrogen) atoms. The van der Waals surface area contributed by atoms with Crippen LogP contribution in [-0.4, -0.2) is 28.8 Å². The van der Waals surface area contributed by atoms with Crippen LogP contribution in [0.4, 0.5) is 0 Å². The molecule has 1 heterocycles. The Hall–Kier alpha value is -0.810. The van der Waals surface area contributed by atoms with Crippen molar-refractivity contribution in [2.45, 2.75) is 5.03 Å². The quantitative estimate of drug-likeness (QED) is 0.567. The van der Waals surface area contributed by atoms with Crippen molar-refractivity contribution in [1.82, 2.24) is 9.97 Å². The lowest BCUT2D eigenvalue weighted by molar-refractivity contribution is -0.137. The molecular weight excluding hydrogens is 212 g/mol. The van der Waals surface area contributed by atoms with Crippen LogP contribution >= 0.6 is 23.4 Å². The van der Waals surface area contributed by atoms with E-state index in [0.717, 1.165) is 0 Å². The summed E-state index contributed by atoms with van der Waals surface area (Å²) in [7, 11) is 1.33. The van der Waals surface area contributed by atoms with E-state index in [2.05, 4.69) is 14.7 Å². The Morgan fingerprint density at radius 3 is 2.92 bits per heavy atom. The maximum Gasteiger partial charge on any atom is 0.316 e. The molecule has 0 unspecified atom stereocenters. The number of hydrogen-bond acceptors (Lipinski definition) is 5. The minimum atomic E-state index is -0.313. The van der Waals surface area contributed by atoms with Crippen LogP contribution in [0.5, 0.6) is 0 Å². The highest BCUT2D eigenvalue weighted by atomic mass is 35.5. The van der Waals surface area contributed by atoms with Crippen molar-refractivity contribution in [1.29, 1.82) is 0 Å². The van der Waals surface area contributed by atoms with E-state index in [4.69, 9.17) is 11.6 Å². The van der Waals surface area contributed by atoms with Gasteiger partial charge >= 0.3 is 5.97 Å². The van der Waals surface area contributed by atoms with Crippen molar-refractivity contribution in [3.63, 3.8) is 0 Å². The van der Waals surface area contributed by atoms with Gasteiger partial charge in [0, 0.05) is 12.4 Å². The molecule has 0 amide bonds. The van der Waals surface area contributed by atoms with Crippen LogP contribution in [-0.2, 0) is 9.53 Å². The minimum Gasteiger partial charge on any atom is -0.468 e. The van der Waals surface area contributed by atoms with Gasteiger partial charge < -0.3 is 4.74 Å². The number of rotatable bonds is 3. The second-order valence-corrected chi connectivity index (χ2v) is 3.34. The Bertz CT molecular complexity index is 308. The summed E-state index contributed by atoms with van der Waals surface area (Å²) in [6.07, 6.45) is 3.01. The summed E-state index contributed by atoms with van der Waals surface area (Å²) in [5.41, 5.74) is 0. The van der Waals surface area contributed by atoms with Gasteiger partial charge in [-0.25, -0.2) is 9.97 Å². The summed E-state index contributed by atoms with van der Waals surface area (Å²) in [4.78, 5) is 18.5. The molecule has 0 aliphatic rings. The Morgan fingerprint density at radius 2 is 2.31 bits per heavy atom. The number of carbonyl (C=O) groups excluding carboxylic acids is 1. The third kappa shape index (κ3) is 3.20. The number of thioether (sulfide) groups is 1.